The Kier molecular flexibility index (Phi) is 6.03. The quantitative estimate of drug-likeness (QED) is 0.465. The molecule has 0 radical (unpaired) electrons. The van der Waals surface area contributed by atoms with Crippen molar-refractivity contribution >= 4 is 34.4 Å². The van der Waals surface area contributed by atoms with Crippen LogP contribution in [0.2, 0.25) is 0 Å². The zero-order valence-corrected chi connectivity index (χ0v) is 11.6. The molecule has 0 amide bonds. The fourth-order valence-corrected chi connectivity index (χ4v) is 2.97. The van der Waals surface area contributed by atoms with Crippen molar-refractivity contribution in [1.29, 1.82) is 5.26 Å². The maximum atomic E-state index is 8.72. The standard InChI is InChI=1S/C11H13IN2S/c1-2-9(3-4-13)10-5-11(15-8-12)7-14-6-10/h5-7,9H,2-3,8H2,1H3. The highest BCUT2D eigenvalue weighted by atomic mass is 127. The van der Waals surface area contributed by atoms with E-state index in [1.54, 1.807) is 11.8 Å². The van der Waals surface area contributed by atoms with Crippen LogP contribution in [0.4, 0.5) is 0 Å². The van der Waals surface area contributed by atoms with Crippen molar-refractivity contribution in [1.82, 2.24) is 4.98 Å². The molecule has 0 aliphatic heterocycles. The molecule has 4 heteroatoms. The van der Waals surface area contributed by atoms with Crippen LogP contribution in [0.1, 0.15) is 31.2 Å². The SMILES string of the molecule is CCC(CC#N)c1cncc(SCI)c1. The number of halogens is 1. The van der Waals surface area contributed by atoms with Gasteiger partial charge in [-0.1, -0.05) is 29.5 Å². The van der Waals surface area contributed by atoms with Crippen molar-refractivity contribution in [3.63, 3.8) is 0 Å². The van der Waals surface area contributed by atoms with E-state index in [2.05, 4.69) is 46.6 Å². The third-order valence-corrected chi connectivity index (χ3v) is 3.86. The van der Waals surface area contributed by atoms with Crippen LogP contribution in [0.25, 0.3) is 0 Å². The van der Waals surface area contributed by atoms with Crippen LogP contribution < -0.4 is 0 Å². The lowest BCUT2D eigenvalue weighted by Crippen LogP contribution is -1.97. The molecule has 1 atom stereocenters. The molecule has 0 aliphatic rings. The molecule has 1 unspecified atom stereocenters. The molecule has 0 saturated heterocycles. The predicted molar refractivity (Wildman–Crippen MR) is 72.2 cm³/mol. The van der Waals surface area contributed by atoms with E-state index in [0.29, 0.717) is 12.3 Å². The molecule has 80 valence electrons. The van der Waals surface area contributed by atoms with E-state index in [-0.39, 0.29) is 0 Å². The van der Waals surface area contributed by atoms with Gasteiger partial charge in [0.25, 0.3) is 0 Å². The van der Waals surface area contributed by atoms with E-state index in [1.165, 1.54) is 10.5 Å². The lowest BCUT2D eigenvalue weighted by Gasteiger charge is -2.11. The van der Waals surface area contributed by atoms with Crippen molar-refractivity contribution in [2.75, 3.05) is 3.76 Å². The molecular weight excluding hydrogens is 319 g/mol. The number of rotatable bonds is 5. The Hall–Kier alpha value is -0.280. The third-order valence-electron chi connectivity index (χ3n) is 2.26. The number of hydrogen-bond acceptors (Lipinski definition) is 3. The summed E-state index contributed by atoms with van der Waals surface area (Å²) in [6.07, 6.45) is 5.33. The Morgan fingerprint density at radius 1 is 1.60 bits per heavy atom. The van der Waals surface area contributed by atoms with Crippen molar-refractivity contribution in [3.8, 4) is 6.07 Å². The Bertz CT molecular complexity index is 349. The summed E-state index contributed by atoms with van der Waals surface area (Å²) in [5.74, 6) is 0.331. The van der Waals surface area contributed by atoms with E-state index in [1.807, 2.05) is 12.4 Å². The predicted octanol–water partition coefficient (Wildman–Crippen LogP) is 3.97. The van der Waals surface area contributed by atoms with Crippen molar-refractivity contribution in [3.05, 3.63) is 24.0 Å². The number of pyridine rings is 1. The van der Waals surface area contributed by atoms with Gasteiger partial charge in [0.15, 0.2) is 0 Å². The molecular formula is C11H13IN2S. The first-order valence-electron chi connectivity index (χ1n) is 4.82. The molecule has 1 aromatic rings. The topological polar surface area (TPSA) is 36.7 Å². The molecule has 0 aromatic carbocycles. The molecule has 0 fully saturated rings. The molecule has 0 spiro atoms. The van der Waals surface area contributed by atoms with E-state index in [9.17, 15) is 0 Å². The van der Waals surface area contributed by atoms with E-state index in [4.69, 9.17) is 5.26 Å². The van der Waals surface area contributed by atoms with Crippen LogP contribution in [0.5, 0.6) is 0 Å². The number of nitrogens with zero attached hydrogens (tertiary/aromatic N) is 2. The summed E-state index contributed by atoms with van der Waals surface area (Å²) in [5.41, 5.74) is 1.19. The fraction of sp³-hybridized carbons (Fsp3) is 0.455. The smallest absolute Gasteiger partial charge is 0.0628 e. The minimum Gasteiger partial charge on any atom is -0.263 e. The van der Waals surface area contributed by atoms with Crippen molar-refractivity contribution < 1.29 is 0 Å². The molecule has 0 N–H and O–H groups in total. The zero-order valence-electron chi connectivity index (χ0n) is 8.61. The fourth-order valence-electron chi connectivity index (χ4n) is 1.41. The number of alkyl halides is 1. The molecule has 0 aliphatic carbocycles. The lowest BCUT2D eigenvalue weighted by atomic mass is 9.95. The van der Waals surface area contributed by atoms with Crippen molar-refractivity contribution in [2.45, 2.75) is 30.6 Å². The minimum atomic E-state index is 0.331. The Labute approximate surface area is 109 Å². The minimum absolute atomic E-state index is 0.331. The highest BCUT2D eigenvalue weighted by Gasteiger charge is 2.09. The average molecular weight is 332 g/mol. The molecule has 15 heavy (non-hydrogen) atoms. The second kappa shape index (κ2) is 7.07. The van der Waals surface area contributed by atoms with Gasteiger partial charge in [-0.2, -0.15) is 5.26 Å². The normalized spacial score (nSPS) is 12.1. The summed E-state index contributed by atoms with van der Waals surface area (Å²) < 4.78 is 1.03. The van der Waals surface area contributed by atoms with Gasteiger partial charge in [-0.25, -0.2) is 0 Å². The van der Waals surface area contributed by atoms with Gasteiger partial charge >= 0.3 is 0 Å². The number of hydrogen-bond donors (Lipinski definition) is 0. The average Bonchev–Trinajstić information content (AvgIpc) is 2.27. The monoisotopic (exact) mass is 332 g/mol. The second-order valence-electron chi connectivity index (χ2n) is 3.17. The largest absolute Gasteiger partial charge is 0.263 e. The molecule has 1 heterocycles. The number of thioether (sulfide) groups is 1. The number of nitriles is 1. The van der Waals surface area contributed by atoms with Gasteiger partial charge in [0.05, 0.1) is 9.83 Å². The van der Waals surface area contributed by atoms with Crippen LogP contribution in [-0.4, -0.2) is 8.74 Å². The van der Waals surface area contributed by atoms with Gasteiger partial charge in [-0.15, -0.1) is 11.8 Å². The van der Waals surface area contributed by atoms with Crippen LogP contribution in [-0.2, 0) is 0 Å². The lowest BCUT2D eigenvalue weighted by molar-refractivity contribution is 0.675. The van der Waals surface area contributed by atoms with E-state index in [0.717, 1.165) is 10.2 Å². The van der Waals surface area contributed by atoms with Crippen LogP contribution in [0.15, 0.2) is 23.4 Å². The summed E-state index contributed by atoms with van der Waals surface area (Å²) in [4.78, 5) is 5.41. The van der Waals surface area contributed by atoms with Gasteiger partial charge in [0.2, 0.25) is 0 Å². The first-order chi connectivity index (χ1) is 7.31. The van der Waals surface area contributed by atoms with Crippen molar-refractivity contribution in [2.24, 2.45) is 0 Å². The zero-order chi connectivity index (χ0) is 11.1. The maximum Gasteiger partial charge on any atom is 0.0628 e. The van der Waals surface area contributed by atoms with Gasteiger partial charge in [0, 0.05) is 23.7 Å². The van der Waals surface area contributed by atoms with Gasteiger partial charge in [-0.3, -0.25) is 4.98 Å². The third kappa shape index (κ3) is 3.99. The summed E-state index contributed by atoms with van der Waals surface area (Å²) in [7, 11) is 0. The second-order valence-corrected chi connectivity index (χ2v) is 6.02. The summed E-state index contributed by atoms with van der Waals surface area (Å²) in [5, 5.41) is 8.72. The van der Waals surface area contributed by atoms with Gasteiger partial charge < -0.3 is 0 Å². The highest BCUT2D eigenvalue weighted by molar-refractivity contribution is 14.1. The van der Waals surface area contributed by atoms with Crippen LogP contribution in [0.3, 0.4) is 0 Å². The highest BCUT2D eigenvalue weighted by Crippen LogP contribution is 2.26. The Morgan fingerprint density at radius 2 is 2.40 bits per heavy atom. The van der Waals surface area contributed by atoms with Crippen LogP contribution in [0, 0.1) is 11.3 Å². The maximum absolute atomic E-state index is 8.72. The van der Waals surface area contributed by atoms with E-state index < -0.39 is 0 Å². The molecule has 0 saturated carbocycles. The first-order valence-corrected chi connectivity index (χ1v) is 7.33. The summed E-state index contributed by atoms with van der Waals surface area (Å²) in [6, 6.07) is 4.39. The first kappa shape index (κ1) is 12.8. The molecule has 0 bridgehead atoms. The Balaban J connectivity index is 2.83. The van der Waals surface area contributed by atoms with Gasteiger partial charge in [-0.05, 0) is 24.0 Å². The Morgan fingerprint density at radius 3 is 3.00 bits per heavy atom. The molecule has 1 rings (SSSR count). The molecule has 2 nitrogen and oxygen atoms in total. The van der Waals surface area contributed by atoms with E-state index >= 15 is 0 Å². The number of aromatic nitrogens is 1. The summed E-state index contributed by atoms with van der Waals surface area (Å²) >= 11 is 4.11. The van der Waals surface area contributed by atoms with Gasteiger partial charge in [0.1, 0.15) is 0 Å². The molecule has 1 aromatic heterocycles. The summed E-state index contributed by atoms with van der Waals surface area (Å²) in [6.45, 7) is 2.11. The van der Waals surface area contributed by atoms with Crippen LogP contribution >= 0.6 is 34.4 Å².